The van der Waals surface area contributed by atoms with Gasteiger partial charge < -0.3 is 5.32 Å². The van der Waals surface area contributed by atoms with E-state index in [-0.39, 0.29) is 22.2 Å². The molecule has 3 aromatic rings. The summed E-state index contributed by atoms with van der Waals surface area (Å²) in [4.78, 5) is 12.6. The Kier molecular flexibility index (Phi) is 5.91. The predicted octanol–water partition coefficient (Wildman–Crippen LogP) is 6.13. The van der Waals surface area contributed by atoms with E-state index in [1.807, 2.05) is 0 Å². The van der Waals surface area contributed by atoms with Crippen molar-refractivity contribution in [2.75, 3.05) is 5.32 Å². The third kappa shape index (κ3) is 4.57. The minimum absolute atomic E-state index is 0.129. The molecule has 0 spiro atoms. The van der Waals surface area contributed by atoms with Crippen LogP contribution in [0.25, 0.3) is 0 Å². The van der Waals surface area contributed by atoms with Gasteiger partial charge in [-0.1, -0.05) is 41.4 Å². The highest BCUT2D eigenvalue weighted by atomic mass is 35.5. The molecular formula is C20H16Cl2F3N3O. The largest absolute Gasteiger partial charge is 0.416 e. The van der Waals surface area contributed by atoms with Crippen molar-refractivity contribution in [3.8, 4) is 0 Å². The van der Waals surface area contributed by atoms with E-state index >= 15 is 0 Å². The van der Waals surface area contributed by atoms with Crippen molar-refractivity contribution in [1.29, 1.82) is 0 Å². The summed E-state index contributed by atoms with van der Waals surface area (Å²) in [6.45, 7) is 3.55. The van der Waals surface area contributed by atoms with Gasteiger partial charge in [-0.15, -0.1) is 0 Å². The van der Waals surface area contributed by atoms with Gasteiger partial charge in [0.05, 0.1) is 44.8 Å². The molecule has 4 nitrogen and oxygen atoms in total. The van der Waals surface area contributed by atoms with Gasteiger partial charge in [0.1, 0.15) is 0 Å². The number of carbonyl (C=O) groups is 1. The second kappa shape index (κ2) is 8.08. The fourth-order valence-corrected chi connectivity index (χ4v) is 3.30. The molecule has 0 saturated heterocycles. The molecule has 3 rings (SSSR count). The van der Waals surface area contributed by atoms with E-state index in [4.69, 9.17) is 23.2 Å². The molecule has 1 N–H and O–H groups in total. The van der Waals surface area contributed by atoms with Crippen LogP contribution in [0.4, 0.5) is 18.9 Å². The van der Waals surface area contributed by atoms with Crippen LogP contribution in [0.2, 0.25) is 10.0 Å². The summed E-state index contributed by atoms with van der Waals surface area (Å²) in [6, 6.07) is 9.78. The molecule has 152 valence electrons. The molecule has 0 bridgehead atoms. The minimum Gasteiger partial charge on any atom is -0.319 e. The maximum absolute atomic E-state index is 12.9. The molecule has 2 aromatic carbocycles. The Morgan fingerprint density at radius 3 is 2.52 bits per heavy atom. The lowest BCUT2D eigenvalue weighted by Gasteiger charge is -2.10. The van der Waals surface area contributed by atoms with Crippen LogP contribution in [0.1, 0.15) is 32.9 Å². The standard InChI is InChI=1S/C20H16Cl2F3N3O/c1-11-18(26-19(29)15-7-4-8-16(21)17(15)22)12(2)28(27-11)10-13-5-3-6-14(9-13)20(23,24)25/h3-9H,10H2,1-2H3,(H,26,29). The number of carbonyl (C=O) groups excluding carboxylic acids is 1. The van der Waals surface area contributed by atoms with E-state index in [9.17, 15) is 18.0 Å². The number of nitrogens with zero attached hydrogens (tertiary/aromatic N) is 2. The molecule has 1 heterocycles. The van der Waals surface area contributed by atoms with Crippen LogP contribution in [0.15, 0.2) is 42.5 Å². The first-order valence-electron chi connectivity index (χ1n) is 8.53. The second-order valence-corrected chi connectivity index (χ2v) is 7.24. The SMILES string of the molecule is Cc1nn(Cc2cccc(C(F)(F)F)c2)c(C)c1NC(=O)c1cccc(Cl)c1Cl. The summed E-state index contributed by atoms with van der Waals surface area (Å²) < 4.78 is 40.3. The predicted molar refractivity (Wildman–Crippen MR) is 107 cm³/mol. The van der Waals surface area contributed by atoms with Gasteiger partial charge >= 0.3 is 6.18 Å². The van der Waals surface area contributed by atoms with Crippen LogP contribution in [0.5, 0.6) is 0 Å². The van der Waals surface area contributed by atoms with E-state index < -0.39 is 17.6 Å². The van der Waals surface area contributed by atoms with Gasteiger partial charge in [0.25, 0.3) is 5.91 Å². The van der Waals surface area contributed by atoms with Crippen molar-refractivity contribution >= 4 is 34.8 Å². The summed E-state index contributed by atoms with van der Waals surface area (Å²) in [5, 5.41) is 7.50. The number of hydrogen-bond donors (Lipinski definition) is 1. The van der Waals surface area contributed by atoms with Crippen molar-refractivity contribution in [2.24, 2.45) is 0 Å². The Morgan fingerprint density at radius 1 is 1.14 bits per heavy atom. The molecular weight excluding hydrogens is 426 g/mol. The van der Waals surface area contributed by atoms with Gasteiger partial charge in [0, 0.05) is 0 Å². The maximum Gasteiger partial charge on any atom is 0.416 e. The van der Waals surface area contributed by atoms with Crippen LogP contribution in [-0.4, -0.2) is 15.7 Å². The fraction of sp³-hybridized carbons (Fsp3) is 0.200. The van der Waals surface area contributed by atoms with Crippen LogP contribution < -0.4 is 5.32 Å². The van der Waals surface area contributed by atoms with Gasteiger partial charge in [-0.2, -0.15) is 18.3 Å². The summed E-state index contributed by atoms with van der Waals surface area (Å²) in [5.41, 5.74) is 1.54. The highest BCUT2D eigenvalue weighted by Gasteiger charge is 2.30. The maximum atomic E-state index is 12.9. The summed E-state index contributed by atoms with van der Waals surface area (Å²) in [7, 11) is 0. The lowest BCUT2D eigenvalue weighted by Crippen LogP contribution is -2.14. The van der Waals surface area contributed by atoms with Crippen LogP contribution in [0, 0.1) is 13.8 Å². The van der Waals surface area contributed by atoms with Crippen LogP contribution in [-0.2, 0) is 12.7 Å². The minimum atomic E-state index is -4.42. The van der Waals surface area contributed by atoms with E-state index in [1.165, 1.54) is 6.07 Å². The number of benzene rings is 2. The highest BCUT2D eigenvalue weighted by Crippen LogP contribution is 2.30. The number of aryl methyl sites for hydroxylation is 1. The number of amides is 1. The summed E-state index contributed by atoms with van der Waals surface area (Å²) in [5.74, 6) is -0.456. The van der Waals surface area contributed by atoms with E-state index in [0.717, 1.165) is 12.1 Å². The average molecular weight is 442 g/mol. The van der Waals surface area contributed by atoms with Gasteiger partial charge in [0.2, 0.25) is 0 Å². The molecule has 0 fully saturated rings. The molecule has 29 heavy (non-hydrogen) atoms. The fourth-order valence-electron chi connectivity index (χ4n) is 2.91. The lowest BCUT2D eigenvalue weighted by atomic mass is 10.1. The topological polar surface area (TPSA) is 46.9 Å². The number of aromatic nitrogens is 2. The molecule has 1 amide bonds. The highest BCUT2D eigenvalue weighted by molar-refractivity contribution is 6.44. The molecule has 0 radical (unpaired) electrons. The van der Waals surface area contributed by atoms with Gasteiger partial charge in [-0.05, 0) is 43.7 Å². The molecule has 0 aliphatic heterocycles. The van der Waals surface area contributed by atoms with Crippen LogP contribution in [0.3, 0.4) is 0 Å². The Morgan fingerprint density at radius 2 is 1.83 bits per heavy atom. The molecule has 1 aromatic heterocycles. The number of halogens is 5. The first-order valence-corrected chi connectivity index (χ1v) is 9.29. The smallest absolute Gasteiger partial charge is 0.319 e. The molecule has 9 heteroatoms. The molecule has 0 atom stereocenters. The average Bonchev–Trinajstić information content (AvgIpc) is 2.91. The zero-order valence-corrected chi connectivity index (χ0v) is 17.0. The second-order valence-electron chi connectivity index (χ2n) is 6.46. The van der Waals surface area contributed by atoms with Crippen molar-refractivity contribution in [2.45, 2.75) is 26.6 Å². The van der Waals surface area contributed by atoms with Gasteiger partial charge in [-0.25, -0.2) is 0 Å². The van der Waals surface area contributed by atoms with Gasteiger partial charge in [-0.3, -0.25) is 9.48 Å². The summed E-state index contributed by atoms with van der Waals surface area (Å²) in [6.07, 6.45) is -4.42. The zero-order chi connectivity index (χ0) is 21.3. The Hall–Kier alpha value is -2.51. The monoisotopic (exact) mass is 441 g/mol. The van der Waals surface area contributed by atoms with Gasteiger partial charge in [0.15, 0.2) is 0 Å². The third-order valence-electron chi connectivity index (χ3n) is 4.40. The Bertz CT molecular complexity index is 1080. The first kappa shape index (κ1) is 21.2. The quantitative estimate of drug-likeness (QED) is 0.529. The van der Waals surface area contributed by atoms with Crippen LogP contribution >= 0.6 is 23.2 Å². The number of alkyl halides is 3. The number of hydrogen-bond acceptors (Lipinski definition) is 2. The normalized spacial score (nSPS) is 11.6. The summed E-state index contributed by atoms with van der Waals surface area (Å²) >= 11 is 12.0. The number of nitrogens with one attached hydrogen (secondary N) is 1. The van der Waals surface area contributed by atoms with Crippen molar-refractivity contribution in [1.82, 2.24) is 9.78 Å². The Labute approximate surface area is 175 Å². The van der Waals surface area contributed by atoms with E-state index in [0.29, 0.717) is 22.6 Å². The Balaban J connectivity index is 1.86. The zero-order valence-electron chi connectivity index (χ0n) is 15.4. The number of anilines is 1. The molecule has 0 aliphatic rings. The lowest BCUT2D eigenvalue weighted by molar-refractivity contribution is -0.137. The van der Waals surface area contributed by atoms with Crippen molar-refractivity contribution in [3.63, 3.8) is 0 Å². The molecule has 0 saturated carbocycles. The van der Waals surface area contributed by atoms with E-state index in [1.54, 1.807) is 42.8 Å². The first-order chi connectivity index (χ1) is 13.6. The third-order valence-corrected chi connectivity index (χ3v) is 5.22. The van der Waals surface area contributed by atoms with Crippen molar-refractivity contribution < 1.29 is 18.0 Å². The molecule has 0 aliphatic carbocycles. The van der Waals surface area contributed by atoms with Crippen molar-refractivity contribution in [3.05, 3.63) is 80.6 Å². The van der Waals surface area contributed by atoms with E-state index in [2.05, 4.69) is 10.4 Å². The number of rotatable bonds is 4. The molecule has 0 unspecified atom stereocenters.